The van der Waals surface area contributed by atoms with Crippen LogP contribution in [-0.2, 0) is 11.4 Å². The second-order valence-corrected chi connectivity index (χ2v) is 7.26. The van der Waals surface area contributed by atoms with Crippen LogP contribution < -0.4 is 10.1 Å². The zero-order valence-corrected chi connectivity index (χ0v) is 16.4. The predicted octanol–water partition coefficient (Wildman–Crippen LogP) is 3.12. The summed E-state index contributed by atoms with van der Waals surface area (Å²) in [5.41, 5.74) is 3.49. The van der Waals surface area contributed by atoms with Gasteiger partial charge in [-0.25, -0.2) is 0 Å². The Labute approximate surface area is 165 Å². The standard InChI is InChI=1S/C22H27N3O3/c1-3-25(4-2)27-14-17-6-5-16(13-24-17)20-12-22(9-10-23-15-22)28-21-8-7-18(26)11-19(20)21/h5-8,11-13,23,26H,3-4,9-10,14-15H2,1-2H3. The maximum absolute atomic E-state index is 9.99. The van der Waals surface area contributed by atoms with Gasteiger partial charge in [-0.15, -0.1) is 0 Å². The fraction of sp³-hybridized carbons (Fsp3) is 0.409. The van der Waals surface area contributed by atoms with Crippen molar-refractivity contribution >= 4 is 5.57 Å². The first-order valence-electron chi connectivity index (χ1n) is 9.91. The van der Waals surface area contributed by atoms with Crippen molar-refractivity contribution in [3.63, 3.8) is 0 Å². The van der Waals surface area contributed by atoms with Crippen molar-refractivity contribution in [2.75, 3.05) is 26.2 Å². The molecule has 2 aliphatic rings. The molecule has 28 heavy (non-hydrogen) atoms. The molecule has 0 aliphatic carbocycles. The zero-order chi connectivity index (χ0) is 19.6. The van der Waals surface area contributed by atoms with Crippen molar-refractivity contribution < 1.29 is 14.7 Å². The van der Waals surface area contributed by atoms with Crippen LogP contribution in [0.1, 0.15) is 37.1 Å². The normalized spacial score (nSPS) is 20.9. The van der Waals surface area contributed by atoms with Crippen LogP contribution in [0.5, 0.6) is 11.5 Å². The average Bonchev–Trinajstić information content (AvgIpc) is 3.17. The van der Waals surface area contributed by atoms with Crippen LogP contribution in [-0.4, -0.2) is 46.9 Å². The quantitative estimate of drug-likeness (QED) is 0.750. The van der Waals surface area contributed by atoms with Crippen LogP contribution in [0.4, 0.5) is 0 Å². The fourth-order valence-corrected chi connectivity index (χ4v) is 3.78. The van der Waals surface area contributed by atoms with Crippen molar-refractivity contribution in [2.45, 2.75) is 32.5 Å². The van der Waals surface area contributed by atoms with Gasteiger partial charge in [0, 0.05) is 43.4 Å². The van der Waals surface area contributed by atoms with E-state index in [-0.39, 0.29) is 11.4 Å². The number of pyridine rings is 1. The Bertz CT molecular complexity index is 854. The first-order valence-corrected chi connectivity index (χ1v) is 9.91. The number of phenolic OH excluding ortho intramolecular Hbond substituents is 1. The highest BCUT2D eigenvalue weighted by Crippen LogP contribution is 2.42. The largest absolute Gasteiger partial charge is 0.508 e. The first kappa shape index (κ1) is 18.9. The molecule has 2 aliphatic heterocycles. The lowest BCUT2D eigenvalue weighted by Crippen LogP contribution is -2.38. The summed E-state index contributed by atoms with van der Waals surface area (Å²) in [5, 5.41) is 15.3. The highest BCUT2D eigenvalue weighted by atomic mass is 16.7. The summed E-state index contributed by atoms with van der Waals surface area (Å²) >= 11 is 0. The number of ether oxygens (including phenoxy) is 1. The average molecular weight is 381 g/mol. The maximum atomic E-state index is 9.99. The lowest BCUT2D eigenvalue weighted by atomic mass is 9.88. The van der Waals surface area contributed by atoms with Crippen molar-refractivity contribution in [3.8, 4) is 11.5 Å². The zero-order valence-electron chi connectivity index (χ0n) is 16.4. The van der Waals surface area contributed by atoms with Gasteiger partial charge in [0.25, 0.3) is 0 Å². The number of benzene rings is 1. The van der Waals surface area contributed by atoms with Crippen LogP contribution in [0.15, 0.2) is 42.6 Å². The van der Waals surface area contributed by atoms with Gasteiger partial charge in [0.05, 0.1) is 5.69 Å². The molecule has 1 unspecified atom stereocenters. The van der Waals surface area contributed by atoms with Gasteiger partial charge >= 0.3 is 0 Å². The van der Waals surface area contributed by atoms with Crippen molar-refractivity contribution in [3.05, 3.63) is 59.4 Å². The van der Waals surface area contributed by atoms with Crippen LogP contribution in [0, 0.1) is 0 Å². The van der Waals surface area contributed by atoms with Gasteiger partial charge in [-0.1, -0.05) is 19.9 Å². The van der Waals surface area contributed by atoms with Crippen molar-refractivity contribution in [1.82, 2.24) is 15.4 Å². The Hall–Kier alpha value is -2.41. The van der Waals surface area contributed by atoms with E-state index in [0.717, 1.165) is 60.7 Å². The summed E-state index contributed by atoms with van der Waals surface area (Å²) in [5.74, 6) is 1.03. The molecular formula is C22H27N3O3. The summed E-state index contributed by atoms with van der Waals surface area (Å²) in [6.45, 7) is 7.98. The maximum Gasteiger partial charge on any atom is 0.142 e. The topological polar surface area (TPSA) is 66.9 Å². The van der Waals surface area contributed by atoms with E-state index in [1.807, 2.05) is 23.4 Å². The van der Waals surface area contributed by atoms with E-state index in [9.17, 15) is 5.11 Å². The molecule has 1 aromatic carbocycles. The van der Waals surface area contributed by atoms with Crippen molar-refractivity contribution in [1.29, 1.82) is 0 Å². The number of aromatic nitrogens is 1. The third-order valence-electron chi connectivity index (χ3n) is 5.36. The van der Waals surface area contributed by atoms with Crippen LogP contribution in [0.25, 0.3) is 5.57 Å². The van der Waals surface area contributed by atoms with Gasteiger partial charge in [0.15, 0.2) is 0 Å². The number of nitrogens with zero attached hydrogens (tertiary/aromatic N) is 2. The molecule has 1 saturated heterocycles. The van der Waals surface area contributed by atoms with Crippen LogP contribution in [0.3, 0.4) is 0 Å². The van der Waals surface area contributed by atoms with Gasteiger partial charge in [0.2, 0.25) is 0 Å². The smallest absolute Gasteiger partial charge is 0.142 e. The van der Waals surface area contributed by atoms with Gasteiger partial charge in [-0.05, 0) is 42.5 Å². The molecular weight excluding hydrogens is 354 g/mol. The molecule has 2 N–H and O–H groups in total. The Balaban J connectivity index is 1.63. The first-order chi connectivity index (χ1) is 13.6. The Morgan fingerprint density at radius 3 is 2.79 bits per heavy atom. The third-order valence-corrected chi connectivity index (χ3v) is 5.36. The molecule has 2 aromatic rings. The summed E-state index contributed by atoms with van der Waals surface area (Å²) in [7, 11) is 0. The number of hydrogen-bond donors (Lipinski definition) is 2. The summed E-state index contributed by atoms with van der Waals surface area (Å²) in [4.78, 5) is 10.3. The lowest BCUT2D eigenvalue weighted by molar-refractivity contribution is -0.164. The minimum Gasteiger partial charge on any atom is -0.508 e. The molecule has 4 rings (SSSR count). The van der Waals surface area contributed by atoms with E-state index in [4.69, 9.17) is 9.57 Å². The molecule has 0 radical (unpaired) electrons. The summed E-state index contributed by atoms with van der Waals surface area (Å²) < 4.78 is 6.30. The molecule has 0 amide bonds. The SMILES string of the molecule is CCN(CC)OCc1ccc(C2=CC3(CCNC3)Oc3ccc(O)cc32)cn1. The Morgan fingerprint density at radius 2 is 2.11 bits per heavy atom. The van der Waals surface area contributed by atoms with E-state index in [0.29, 0.717) is 6.61 Å². The molecule has 0 saturated carbocycles. The third kappa shape index (κ3) is 3.76. The van der Waals surface area contributed by atoms with E-state index >= 15 is 0 Å². The number of fused-ring (bicyclic) bond motifs is 1. The predicted molar refractivity (Wildman–Crippen MR) is 108 cm³/mol. The van der Waals surface area contributed by atoms with E-state index in [2.05, 4.69) is 36.3 Å². The second-order valence-electron chi connectivity index (χ2n) is 7.26. The minimum atomic E-state index is -0.343. The Morgan fingerprint density at radius 1 is 1.25 bits per heavy atom. The molecule has 1 fully saturated rings. The minimum absolute atomic E-state index is 0.228. The molecule has 1 aromatic heterocycles. The molecule has 6 heteroatoms. The van der Waals surface area contributed by atoms with Crippen molar-refractivity contribution in [2.24, 2.45) is 0 Å². The fourth-order valence-electron chi connectivity index (χ4n) is 3.78. The van der Waals surface area contributed by atoms with E-state index < -0.39 is 0 Å². The number of rotatable bonds is 6. The number of aromatic hydroxyl groups is 1. The van der Waals surface area contributed by atoms with E-state index in [1.165, 1.54) is 0 Å². The molecule has 6 nitrogen and oxygen atoms in total. The monoisotopic (exact) mass is 381 g/mol. The molecule has 1 spiro atoms. The number of nitrogens with one attached hydrogen (secondary N) is 1. The van der Waals surface area contributed by atoms with Gasteiger partial charge in [-0.3, -0.25) is 9.82 Å². The van der Waals surface area contributed by atoms with Gasteiger partial charge in [-0.2, -0.15) is 5.06 Å². The molecule has 3 heterocycles. The lowest BCUT2D eigenvalue weighted by Gasteiger charge is -2.33. The second kappa shape index (κ2) is 7.91. The molecule has 148 valence electrons. The summed E-state index contributed by atoms with van der Waals surface area (Å²) in [6.07, 6.45) is 4.97. The van der Waals surface area contributed by atoms with Gasteiger partial charge in [0.1, 0.15) is 23.7 Å². The van der Waals surface area contributed by atoms with Crippen LogP contribution in [0.2, 0.25) is 0 Å². The van der Waals surface area contributed by atoms with Crippen LogP contribution >= 0.6 is 0 Å². The van der Waals surface area contributed by atoms with E-state index in [1.54, 1.807) is 12.1 Å². The Kier molecular flexibility index (Phi) is 5.35. The number of hydrogen-bond acceptors (Lipinski definition) is 6. The summed E-state index contributed by atoms with van der Waals surface area (Å²) in [6, 6.07) is 9.33. The number of phenols is 1. The van der Waals surface area contributed by atoms with Gasteiger partial charge < -0.3 is 15.2 Å². The highest BCUT2D eigenvalue weighted by molar-refractivity contribution is 5.85. The molecule has 0 bridgehead atoms. The number of hydroxylamine groups is 2. The molecule has 1 atom stereocenters. The highest BCUT2D eigenvalue weighted by Gasteiger charge is 2.38.